The van der Waals surface area contributed by atoms with Crippen molar-refractivity contribution in [3.63, 3.8) is 0 Å². The number of hydrogen-bond acceptors (Lipinski definition) is 7. The molecule has 1 aliphatic rings. The van der Waals surface area contributed by atoms with E-state index >= 15 is 0 Å². The molecule has 7 rings (SSSR count). The third-order valence-electron chi connectivity index (χ3n) is 7.22. The van der Waals surface area contributed by atoms with Gasteiger partial charge in [0, 0.05) is 39.2 Å². The summed E-state index contributed by atoms with van der Waals surface area (Å²) in [6.45, 7) is 3.55. The van der Waals surface area contributed by atoms with E-state index in [4.69, 9.17) is 4.74 Å². The number of Topliss-reactive ketones (excluding diaryl/α,β-unsaturated/α-hetero) is 1. The lowest BCUT2D eigenvalue weighted by Gasteiger charge is -2.23. The second-order valence-electron chi connectivity index (χ2n) is 9.86. The van der Waals surface area contributed by atoms with Crippen LogP contribution in [-0.2, 0) is 0 Å². The van der Waals surface area contributed by atoms with Crippen LogP contribution >= 0.6 is 11.3 Å². The van der Waals surface area contributed by atoms with Crippen LogP contribution in [0.25, 0.3) is 54.8 Å². The summed E-state index contributed by atoms with van der Waals surface area (Å²) in [5.74, 6) is 0.864. The van der Waals surface area contributed by atoms with Crippen molar-refractivity contribution in [3.8, 4) is 38.7 Å². The minimum absolute atomic E-state index is 0.0681. The summed E-state index contributed by atoms with van der Waals surface area (Å²) in [7, 11) is 0. The monoisotopic (exact) mass is 534 g/mol. The molecule has 6 aromatic rings. The quantitative estimate of drug-likeness (QED) is 0.219. The summed E-state index contributed by atoms with van der Waals surface area (Å²) in [6.07, 6.45) is 9.55. The van der Waals surface area contributed by atoms with Gasteiger partial charge in [0.1, 0.15) is 17.5 Å². The average Bonchev–Trinajstić information content (AvgIpc) is 3.71. The first-order chi connectivity index (χ1) is 19.1. The fourth-order valence-corrected chi connectivity index (χ4v) is 6.12. The highest BCUT2D eigenvalue weighted by Crippen LogP contribution is 2.37. The molecule has 9 heteroatoms. The number of thiophene rings is 1. The van der Waals surface area contributed by atoms with E-state index in [1.807, 2.05) is 36.8 Å². The number of aromatic nitrogens is 5. The van der Waals surface area contributed by atoms with Gasteiger partial charge >= 0.3 is 0 Å². The number of H-pyrrole nitrogens is 2. The van der Waals surface area contributed by atoms with E-state index < -0.39 is 0 Å². The highest BCUT2D eigenvalue weighted by Gasteiger charge is 2.17. The van der Waals surface area contributed by atoms with Crippen LogP contribution in [0.5, 0.6) is 5.75 Å². The molecule has 8 nitrogen and oxygen atoms in total. The van der Waals surface area contributed by atoms with E-state index in [2.05, 4.69) is 54.7 Å². The number of benzene rings is 1. The molecule has 0 unspecified atom stereocenters. The van der Waals surface area contributed by atoms with Crippen LogP contribution in [0.2, 0.25) is 0 Å². The summed E-state index contributed by atoms with van der Waals surface area (Å²) in [5.41, 5.74) is 6.63. The third kappa shape index (κ3) is 4.49. The Morgan fingerprint density at radius 2 is 1.79 bits per heavy atom. The summed E-state index contributed by atoms with van der Waals surface area (Å²) in [6, 6.07) is 14.3. The van der Waals surface area contributed by atoms with Gasteiger partial charge in [0.05, 0.1) is 34.0 Å². The molecular weight excluding hydrogens is 508 g/mol. The molecular formula is C30H26N6O2S. The molecule has 0 aliphatic carbocycles. The lowest BCUT2D eigenvalue weighted by atomic mass is 10.0. The van der Waals surface area contributed by atoms with Gasteiger partial charge in [-0.1, -0.05) is 6.07 Å². The number of piperidine rings is 1. The second-order valence-corrected chi connectivity index (χ2v) is 10.9. The zero-order valence-corrected chi connectivity index (χ0v) is 22.1. The van der Waals surface area contributed by atoms with Crippen LogP contribution in [0.3, 0.4) is 0 Å². The van der Waals surface area contributed by atoms with Crippen molar-refractivity contribution < 1.29 is 9.53 Å². The largest absolute Gasteiger partial charge is 0.489 e. The van der Waals surface area contributed by atoms with Crippen LogP contribution in [0.15, 0.2) is 67.3 Å². The molecule has 0 radical (unpaired) electrons. The van der Waals surface area contributed by atoms with Crippen LogP contribution < -0.4 is 10.1 Å². The van der Waals surface area contributed by atoms with Crippen molar-refractivity contribution in [1.29, 1.82) is 0 Å². The number of ketones is 1. The highest BCUT2D eigenvalue weighted by atomic mass is 32.1. The molecule has 0 amide bonds. The highest BCUT2D eigenvalue weighted by molar-refractivity contribution is 7.17. The fraction of sp³-hybridized carbons (Fsp3) is 0.200. The second kappa shape index (κ2) is 9.76. The molecule has 194 valence electrons. The predicted molar refractivity (Wildman–Crippen MR) is 154 cm³/mol. The Hall–Kier alpha value is -4.34. The van der Waals surface area contributed by atoms with Gasteiger partial charge in [0.2, 0.25) is 0 Å². The Kier molecular flexibility index (Phi) is 5.94. The van der Waals surface area contributed by atoms with E-state index in [0.29, 0.717) is 0 Å². The first kappa shape index (κ1) is 23.8. The van der Waals surface area contributed by atoms with E-state index in [1.54, 1.807) is 13.1 Å². The third-order valence-corrected chi connectivity index (χ3v) is 8.44. The van der Waals surface area contributed by atoms with E-state index in [-0.39, 0.29) is 11.9 Å². The lowest BCUT2D eigenvalue weighted by molar-refractivity contribution is 0.102. The molecule has 1 aliphatic heterocycles. The minimum atomic E-state index is 0.0681. The maximum Gasteiger partial charge on any atom is 0.169 e. The molecule has 39 heavy (non-hydrogen) atoms. The molecule has 5 aromatic heterocycles. The number of rotatable bonds is 6. The molecule has 0 bridgehead atoms. The Morgan fingerprint density at radius 1 is 0.923 bits per heavy atom. The number of aromatic amines is 2. The lowest BCUT2D eigenvalue weighted by Crippen LogP contribution is -2.34. The number of ether oxygens (including phenoxy) is 1. The summed E-state index contributed by atoms with van der Waals surface area (Å²) < 4.78 is 6.23. The number of nitrogens with zero attached hydrogens (tertiary/aromatic N) is 3. The molecule has 0 spiro atoms. The Morgan fingerprint density at radius 3 is 2.64 bits per heavy atom. The smallest absolute Gasteiger partial charge is 0.169 e. The predicted octanol–water partition coefficient (Wildman–Crippen LogP) is 6.23. The van der Waals surface area contributed by atoms with Gasteiger partial charge in [-0.15, -0.1) is 11.3 Å². The molecule has 3 N–H and O–H groups in total. The zero-order valence-electron chi connectivity index (χ0n) is 21.3. The Labute approximate surface area is 228 Å². The number of pyridine rings is 2. The van der Waals surface area contributed by atoms with E-state index in [0.717, 1.165) is 91.3 Å². The van der Waals surface area contributed by atoms with Crippen LogP contribution in [0, 0.1) is 0 Å². The number of carbonyl (C=O) groups is 1. The minimum Gasteiger partial charge on any atom is -0.489 e. The summed E-state index contributed by atoms with van der Waals surface area (Å²) in [4.78, 5) is 26.0. The van der Waals surface area contributed by atoms with Crippen LogP contribution in [-0.4, -0.2) is 50.1 Å². The molecule has 1 aromatic carbocycles. The van der Waals surface area contributed by atoms with Gasteiger partial charge in [-0.05, 0) is 74.8 Å². The number of carbonyl (C=O) groups excluding carboxylic acids is 1. The standard InChI is InChI=1S/C30H26N6O2S/c1-17(37)28-4-5-29(39-28)24-15-33-16-27-22(24)12-26(34-27)30-23-11-18(2-3-25(23)35-36-30)19-10-21(14-32-13-19)38-20-6-8-31-9-7-20/h2-5,10-16,20,31,34H,6-9H2,1H3,(H,35,36). The van der Waals surface area contributed by atoms with Gasteiger partial charge in [-0.3, -0.25) is 19.9 Å². The van der Waals surface area contributed by atoms with Crippen LogP contribution in [0.1, 0.15) is 29.4 Å². The summed E-state index contributed by atoms with van der Waals surface area (Å²) in [5, 5.41) is 13.2. The molecule has 1 saturated heterocycles. The molecule has 0 saturated carbocycles. The van der Waals surface area contributed by atoms with Gasteiger partial charge in [-0.2, -0.15) is 5.10 Å². The van der Waals surface area contributed by atoms with Crippen LogP contribution in [0.4, 0.5) is 0 Å². The molecule has 1 fully saturated rings. The SMILES string of the molecule is CC(=O)c1ccc(-c2cncc3[nH]c(-c4n[nH]c5ccc(-c6cncc(OC7CCNCC7)c6)cc45)cc23)s1. The summed E-state index contributed by atoms with van der Waals surface area (Å²) >= 11 is 1.49. The number of hydrogen-bond donors (Lipinski definition) is 3. The average molecular weight is 535 g/mol. The fourth-order valence-electron chi connectivity index (χ4n) is 5.19. The Balaban J connectivity index is 1.25. The maximum atomic E-state index is 11.8. The first-order valence-electron chi connectivity index (χ1n) is 13.0. The van der Waals surface area contributed by atoms with Crippen molar-refractivity contribution >= 4 is 38.9 Å². The van der Waals surface area contributed by atoms with Gasteiger partial charge in [0.25, 0.3) is 0 Å². The van der Waals surface area contributed by atoms with E-state index in [1.165, 1.54) is 11.3 Å². The molecule has 0 atom stereocenters. The van der Waals surface area contributed by atoms with Gasteiger partial charge < -0.3 is 15.0 Å². The van der Waals surface area contributed by atoms with Crippen molar-refractivity contribution in [2.24, 2.45) is 0 Å². The Bertz CT molecular complexity index is 1830. The van der Waals surface area contributed by atoms with E-state index in [9.17, 15) is 4.79 Å². The van der Waals surface area contributed by atoms with Crippen molar-refractivity contribution in [2.75, 3.05) is 13.1 Å². The van der Waals surface area contributed by atoms with Crippen molar-refractivity contribution in [3.05, 3.63) is 72.1 Å². The normalized spacial score (nSPS) is 14.3. The van der Waals surface area contributed by atoms with Gasteiger partial charge in [-0.25, -0.2) is 0 Å². The molecule has 6 heterocycles. The van der Waals surface area contributed by atoms with Crippen molar-refractivity contribution in [1.82, 2.24) is 30.5 Å². The number of fused-ring (bicyclic) bond motifs is 2. The topological polar surface area (TPSA) is 109 Å². The van der Waals surface area contributed by atoms with Gasteiger partial charge in [0.15, 0.2) is 5.78 Å². The zero-order chi connectivity index (χ0) is 26.3. The van der Waals surface area contributed by atoms with Crippen molar-refractivity contribution in [2.45, 2.75) is 25.9 Å². The maximum absolute atomic E-state index is 11.8. The first-order valence-corrected chi connectivity index (χ1v) is 13.8. The number of nitrogens with one attached hydrogen (secondary N) is 3.